The number of nitrogens with zero attached hydrogens (tertiary/aromatic N) is 2. The quantitative estimate of drug-likeness (QED) is 0.678. The molecule has 0 unspecified atom stereocenters. The van der Waals surface area contributed by atoms with Crippen LogP contribution in [0.5, 0.6) is 0 Å². The molecule has 1 aliphatic heterocycles. The topological polar surface area (TPSA) is 45.5 Å². The van der Waals surface area contributed by atoms with Gasteiger partial charge in [0.05, 0.1) is 6.10 Å². The maximum atomic E-state index is 11.4. The van der Waals surface area contributed by atoms with E-state index < -0.39 is 0 Å². The van der Waals surface area contributed by atoms with Crippen molar-refractivity contribution in [1.82, 2.24) is 9.47 Å². The molecule has 0 aromatic carbocycles. The van der Waals surface area contributed by atoms with Crippen molar-refractivity contribution >= 4 is 5.91 Å². The van der Waals surface area contributed by atoms with Crippen molar-refractivity contribution in [2.45, 2.75) is 12.6 Å². The van der Waals surface area contributed by atoms with Crippen LogP contribution in [0.25, 0.3) is 0 Å². The van der Waals surface area contributed by atoms with Crippen LogP contribution in [0.2, 0.25) is 0 Å². The molecule has 70 valence electrons. The number of β-amino-alcohol motifs (C(OH)–C–C–N with tert-alkyl or cyclic N) is 1. The predicted octanol–water partition coefficient (Wildman–Crippen LogP) is -0.309. The zero-order chi connectivity index (χ0) is 9.26. The van der Waals surface area contributed by atoms with Gasteiger partial charge in [-0.25, -0.2) is 0 Å². The van der Waals surface area contributed by atoms with Crippen molar-refractivity contribution in [1.29, 1.82) is 0 Å². The summed E-state index contributed by atoms with van der Waals surface area (Å²) in [4.78, 5) is 13.1. The number of aliphatic hydroxyl groups is 1. The van der Waals surface area contributed by atoms with Crippen LogP contribution in [0, 0.1) is 0 Å². The van der Waals surface area contributed by atoms with Gasteiger partial charge in [0.25, 0.3) is 0 Å². The summed E-state index contributed by atoms with van der Waals surface area (Å²) in [6, 6.07) is 3.77. The van der Waals surface area contributed by atoms with Gasteiger partial charge in [-0.05, 0) is 12.1 Å². The molecule has 1 N–H and O–H groups in total. The van der Waals surface area contributed by atoms with Crippen LogP contribution in [0.15, 0.2) is 24.5 Å². The van der Waals surface area contributed by atoms with E-state index in [0.29, 0.717) is 19.6 Å². The maximum Gasteiger partial charge on any atom is 0.242 e. The summed E-state index contributed by atoms with van der Waals surface area (Å²) in [6.45, 7) is 1.35. The summed E-state index contributed by atoms with van der Waals surface area (Å²) in [5.74, 6) is 0.0708. The predicted molar refractivity (Wildman–Crippen MR) is 47.0 cm³/mol. The van der Waals surface area contributed by atoms with Gasteiger partial charge in [-0.1, -0.05) is 0 Å². The number of carbonyl (C=O) groups is 1. The lowest BCUT2D eigenvalue weighted by Crippen LogP contribution is -2.54. The Labute approximate surface area is 76.4 Å². The molecule has 0 bridgehead atoms. The number of carbonyl (C=O) groups excluding carboxylic acids is 1. The van der Waals surface area contributed by atoms with Crippen LogP contribution in [0.3, 0.4) is 0 Å². The average molecular weight is 180 g/mol. The molecule has 0 aliphatic carbocycles. The smallest absolute Gasteiger partial charge is 0.242 e. The van der Waals surface area contributed by atoms with E-state index in [9.17, 15) is 4.79 Å². The molecule has 0 spiro atoms. The number of amides is 1. The summed E-state index contributed by atoms with van der Waals surface area (Å²) in [5.41, 5.74) is 0. The van der Waals surface area contributed by atoms with Crippen molar-refractivity contribution in [3.8, 4) is 0 Å². The van der Waals surface area contributed by atoms with Gasteiger partial charge >= 0.3 is 0 Å². The van der Waals surface area contributed by atoms with Crippen LogP contribution in [0.1, 0.15) is 0 Å². The van der Waals surface area contributed by atoms with Gasteiger partial charge < -0.3 is 14.6 Å². The zero-order valence-corrected chi connectivity index (χ0v) is 7.26. The Morgan fingerprint density at radius 1 is 1.38 bits per heavy atom. The number of aliphatic hydroxyl groups excluding tert-OH is 1. The lowest BCUT2D eigenvalue weighted by molar-refractivity contribution is -0.141. The fraction of sp³-hybridized carbons (Fsp3) is 0.444. The Bertz CT molecular complexity index is 289. The van der Waals surface area contributed by atoms with Crippen LogP contribution in [-0.4, -0.2) is 39.7 Å². The highest BCUT2D eigenvalue weighted by Gasteiger charge is 2.28. The fourth-order valence-electron chi connectivity index (χ4n) is 1.39. The number of likely N-dealkylation sites (tertiary alicyclic amines) is 1. The Kier molecular flexibility index (Phi) is 2.06. The van der Waals surface area contributed by atoms with Crippen LogP contribution < -0.4 is 0 Å². The standard InChI is InChI=1S/C9H12N2O2/c12-8-5-11(6-8)9(13)7-10-3-1-2-4-10/h1-4,8,12H,5-7H2. The minimum absolute atomic E-state index is 0.0708. The first-order valence-corrected chi connectivity index (χ1v) is 4.32. The molecule has 1 saturated heterocycles. The van der Waals surface area contributed by atoms with Gasteiger partial charge in [0.15, 0.2) is 0 Å². The molecule has 0 atom stereocenters. The molecule has 1 aromatic heterocycles. The summed E-state index contributed by atoms with van der Waals surface area (Å²) in [5, 5.41) is 8.99. The molecular weight excluding hydrogens is 168 g/mol. The van der Waals surface area contributed by atoms with E-state index in [0.717, 1.165) is 0 Å². The monoisotopic (exact) mass is 180 g/mol. The molecule has 4 heteroatoms. The van der Waals surface area contributed by atoms with E-state index in [1.165, 1.54) is 0 Å². The van der Waals surface area contributed by atoms with E-state index in [1.54, 1.807) is 4.90 Å². The second-order valence-corrected chi connectivity index (χ2v) is 3.31. The lowest BCUT2D eigenvalue weighted by Gasteiger charge is -2.35. The Balaban J connectivity index is 1.86. The van der Waals surface area contributed by atoms with Gasteiger partial charge in [0.1, 0.15) is 6.54 Å². The van der Waals surface area contributed by atoms with Gasteiger partial charge in [0, 0.05) is 25.5 Å². The molecule has 13 heavy (non-hydrogen) atoms. The highest BCUT2D eigenvalue weighted by Crippen LogP contribution is 2.08. The highest BCUT2D eigenvalue weighted by atomic mass is 16.3. The van der Waals surface area contributed by atoms with Crippen LogP contribution in [-0.2, 0) is 11.3 Å². The van der Waals surface area contributed by atoms with Crippen molar-refractivity contribution in [3.05, 3.63) is 24.5 Å². The Hall–Kier alpha value is -1.29. The molecule has 1 amide bonds. The third-order valence-electron chi connectivity index (χ3n) is 2.20. The van der Waals surface area contributed by atoms with E-state index >= 15 is 0 Å². The van der Waals surface area contributed by atoms with E-state index in [-0.39, 0.29) is 12.0 Å². The normalized spacial score (nSPS) is 17.2. The summed E-state index contributed by atoms with van der Waals surface area (Å²) < 4.78 is 1.83. The first-order chi connectivity index (χ1) is 6.25. The van der Waals surface area contributed by atoms with Crippen LogP contribution in [0.4, 0.5) is 0 Å². The average Bonchev–Trinajstić information content (AvgIpc) is 2.51. The molecule has 2 heterocycles. The van der Waals surface area contributed by atoms with Crippen molar-refractivity contribution in [3.63, 3.8) is 0 Å². The van der Waals surface area contributed by atoms with Gasteiger partial charge in [0.2, 0.25) is 5.91 Å². The van der Waals surface area contributed by atoms with Gasteiger partial charge in [-0.3, -0.25) is 4.79 Å². The molecule has 4 nitrogen and oxygen atoms in total. The third-order valence-corrected chi connectivity index (χ3v) is 2.20. The van der Waals surface area contributed by atoms with Crippen LogP contribution >= 0.6 is 0 Å². The van der Waals surface area contributed by atoms with Crippen molar-refractivity contribution in [2.24, 2.45) is 0 Å². The summed E-state index contributed by atoms with van der Waals surface area (Å²) in [7, 11) is 0. The molecule has 1 aliphatic rings. The fourth-order valence-corrected chi connectivity index (χ4v) is 1.39. The lowest BCUT2D eigenvalue weighted by atomic mass is 10.2. The van der Waals surface area contributed by atoms with E-state index in [4.69, 9.17) is 5.11 Å². The summed E-state index contributed by atoms with van der Waals surface area (Å²) >= 11 is 0. The minimum atomic E-state index is -0.311. The Morgan fingerprint density at radius 2 is 2.00 bits per heavy atom. The number of hydrogen-bond acceptors (Lipinski definition) is 2. The number of hydrogen-bond donors (Lipinski definition) is 1. The SMILES string of the molecule is O=C(Cn1cccc1)N1CC(O)C1. The largest absolute Gasteiger partial charge is 0.389 e. The van der Waals surface area contributed by atoms with Crippen molar-refractivity contribution < 1.29 is 9.90 Å². The highest BCUT2D eigenvalue weighted by molar-refractivity contribution is 5.76. The number of rotatable bonds is 2. The first-order valence-electron chi connectivity index (χ1n) is 4.32. The van der Waals surface area contributed by atoms with Gasteiger partial charge in [-0.2, -0.15) is 0 Å². The van der Waals surface area contributed by atoms with Gasteiger partial charge in [-0.15, -0.1) is 0 Å². The molecule has 0 radical (unpaired) electrons. The third kappa shape index (κ3) is 1.72. The first kappa shape index (κ1) is 8.31. The summed E-state index contributed by atoms with van der Waals surface area (Å²) in [6.07, 6.45) is 3.40. The zero-order valence-electron chi connectivity index (χ0n) is 7.26. The Morgan fingerprint density at radius 3 is 2.54 bits per heavy atom. The van der Waals surface area contributed by atoms with E-state index in [1.807, 2.05) is 29.1 Å². The van der Waals surface area contributed by atoms with E-state index in [2.05, 4.69) is 0 Å². The molecule has 2 rings (SSSR count). The second kappa shape index (κ2) is 3.22. The molecule has 1 aromatic rings. The van der Waals surface area contributed by atoms with Crippen molar-refractivity contribution in [2.75, 3.05) is 13.1 Å². The second-order valence-electron chi connectivity index (χ2n) is 3.31. The molecular formula is C9H12N2O2. The molecule has 1 fully saturated rings. The molecule has 0 saturated carbocycles. The number of aromatic nitrogens is 1. The minimum Gasteiger partial charge on any atom is -0.389 e. The maximum absolute atomic E-state index is 11.4.